The number of benzene rings is 3. The van der Waals surface area contributed by atoms with E-state index in [0.29, 0.717) is 27.6 Å². The van der Waals surface area contributed by atoms with Gasteiger partial charge in [-0.15, -0.1) is 10.2 Å². The first kappa shape index (κ1) is 24.9. The number of rotatable bonds is 9. The number of nitrogens with one attached hydrogen (secondary N) is 1. The van der Waals surface area contributed by atoms with Crippen molar-refractivity contribution in [1.29, 1.82) is 0 Å². The van der Waals surface area contributed by atoms with Gasteiger partial charge in [-0.2, -0.15) is 0 Å². The van der Waals surface area contributed by atoms with Gasteiger partial charge in [0.25, 0.3) is 0 Å². The summed E-state index contributed by atoms with van der Waals surface area (Å²) in [6.07, 6.45) is 0. The maximum absolute atomic E-state index is 12.5. The summed E-state index contributed by atoms with van der Waals surface area (Å²) in [4.78, 5) is 12.5. The Labute approximate surface area is 217 Å². The Morgan fingerprint density at radius 1 is 0.914 bits per heavy atom. The summed E-state index contributed by atoms with van der Waals surface area (Å²) in [5, 5.41) is 13.1. The van der Waals surface area contributed by atoms with Crippen molar-refractivity contribution in [1.82, 2.24) is 20.1 Å². The fourth-order valence-corrected chi connectivity index (χ4v) is 4.35. The fourth-order valence-electron chi connectivity index (χ4n) is 3.27. The molecule has 10 heteroatoms. The zero-order chi connectivity index (χ0) is 24.8. The molecule has 4 aromatic rings. The van der Waals surface area contributed by atoms with Crippen LogP contribution in [0.3, 0.4) is 0 Å². The molecule has 0 atom stereocenters. The average Bonchev–Trinajstić information content (AvgIpc) is 3.32. The number of thioether (sulfide) groups is 1. The van der Waals surface area contributed by atoms with Gasteiger partial charge in [0.1, 0.15) is 11.5 Å². The van der Waals surface area contributed by atoms with Crippen LogP contribution in [0.5, 0.6) is 11.5 Å². The first-order chi connectivity index (χ1) is 17.0. The number of hydrogen-bond acceptors (Lipinski definition) is 6. The smallest absolute Gasteiger partial charge is 0.230 e. The first-order valence-corrected chi connectivity index (χ1v) is 12.3. The number of amides is 1. The Morgan fingerprint density at radius 2 is 1.57 bits per heavy atom. The Bertz CT molecular complexity index is 1310. The molecule has 0 spiro atoms. The lowest BCUT2D eigenvalue weighted by Gasteiger charge is -2.12. The second-order valence-corrected chi connectivity index (χ2v) is 9.14. The van der Waals surface area contributed by atoms with Crippen LogP contribution in [0, 0.1) is 0 Å². The van der Waals surface area contributed by atoms with Gasteiger partial charge in [-0.3, -0.25) is 9.36 Å². The van der Waals surface area contributed by atoms with Crippen LogP contribution in [0.4, 0.5) is 0 Å². The van der Waals surface area contributed by atoms with E-state index in [2.05, 4.69) is 15.5 Å². The van der Waals surface area contributed by atoms with E-state index in [1.54, 1.807) is 26.4 Å². The van der Waals surface area contributed by atoms with Crippen molar-refractivity contribution in [2.45, 2.75) is 11.7 Å². The zero-order valence-corrected chi connectivity index (χ0v) is 21.3. The van der Waals surface area contributed by atoms with Gasteiger partial charge >= 0.3 is 0 Å². The third-order valence-electron chi connectivity index (χ3n) is 5.12. The molecule has 0 unspecified atom stereocenters. The van der Waals surface area contributed by atoms with Crippen LogP contribution in [0.2, 0.25) is 10.0 Å². The molecule has 0 aliphatic rings. The number of carbonyl (C=O) groups excluding carboxylic acids is 1. The van der Waals surface area contributed by atoms with Gasteiger partial charge < -0.3 is 14.8 Å². The van der Waals surface area contributed by atoms with Gasteiger partial charge in [0.15, 0.2) is 11.0 Å². The molecule has 0 aliphatic carbocycles. The van der Waals surface area contributed by atoms with E-state index >= 15 is 0 Å². The second-order valence-electron chi connectivity index (χ2n) is 7.38. The highest BCUT2D eigenvalue weighted by Crippen LogP contribution is 2.32. The van der Waals surface area contributed by atoms with E-state index in [1.165, 1.54) is 11.8 Å². The lowest BCUT2D eigenvalue weighted by molar-refractivity contribution is -0.118. The predicted octanol–water partition coefficient (Wildman–Crippen LogP) is 5.67. The van der Waals surface area contributed by atoms with Crippen LogP contribution in [0.25, 0.3) is 17.1 Å². The van der Waals surface area contributed by atoms with Gasteiger partial charge in [0.05, 0.1) is 35.7 Å². The van der Waals surface area contributed by atoms with Crippen molar-refractivity contribution in [2.75, 3.05) is 20.0 Å². The number of carbonyl (C=O) groups is 1. The van der Waals surface area contributed by atoms with Crippen LogP contribution in [-0.4, -0.2) is 40.6 Å². The molecule has 180 valence electrons. The number of halogens is 2. The van der Waals surface area contributed by atoms with Crippen molar-refractivity contribution in [3.8, 4) is 28.6 Å². The van der Waals surface area contributed by atoms with Gasteiger partial charge in [-0.1, -0.05) is 47.1 Å². The maximum atomic E-state index is 12.5. The van der Waals surface area contributed by atoms with Crippen molar-refractivity contribution in [3.05, 3.63) is 82.3 Å². The first-order valence-electron chi connectivity index (χ1n) is 10.6. The maximum Gasteiger partial charge on any atom is 0.230 e. The molecule has 0 radical (unpaired) electrons. The molecule has 0 saturated heterocycles. The summed E-state index contributed by atoms with van der Waals surface area (Å²) in [5.74, 6) is 2.15. The standard InChI is InChI=1S/C25H22Cl2N4O3S/c1-33-19-8-3-16(4-9-19)14-28-23(32)15-35-25-30-29-24(17-5-10-20(34-2)11-6-17)31(25)18-7-12-21(26)22(27)13-18/h3-13H,14-15H2,1-2H3,(H,28,32). The molecule has 1 amide bonds. The molecule has 0 bridgehead atoms. The van der Waals surface area contributed by atoms with Crippen molar-refractivity contribution >= 4 is 40.9 Å². The number of hydrogen-bond donors (Lipinski definition) is 1. The summed E-state index contributed by atoms with van der Waals surface area (Å²) in [6, 6.07) is 20.3. The fraction of sp³-hybridized carbons (Fsp3) is 0.160. The number of ether oxygens (including phenoxy) is 2. The summed E-state index contributed by atoms with van der Waals surface area (Å²) in [7, 11) is 3.23. The molecular formula is C25H22Cl2N4O3S. The number of aromatic nitrogens is 3. The molecule has 1 heterocycles. The quantitative estimate of drug-likeness (QED) is 0.282. The largest absolute Gasteiger partial charge is 0.497 e. The zero-order valence-electron chi connectivity index (χ0n) is 19.0. The van der Waals surface area contributed by atoms with Crippen LogP contribution >= 0.6 is 35.0 Å². The van der Waals surface area contributed by atoms with E-state index in [-0.39, 0.29) is 11.7 Å². The molecule has 0 saturated carbocycles. The van der Waals surface area contributed by atoms with Crippen molar-refractivity contribution in [2.24, 2.45) is 0 Å². The molecular weight excluding hydrogens is 507 g/mol. The highest BCUT2D eigenvalue weighted by atomic mass is 35.5. The molecule has 7 nitrogen and oxygen atoms in total. The molecule has 0 fully saturated rings. The van der Waals surface area contributed by atoms with Crippen LogP contribution in [0.15, 0.2) is 71.9 Å². The minimum absolute atomic E-state index is 0.125. The summed E-state index contributed by atoms with van der Waals surface area (Å²) < 4.78 is 12.3. The highest BCUT2D eigenvalue weighted by Gasteiger charge is 2.18. The van der Waals surface area contributed by atoms with E-state index in [0.717, 1.165) is 28.3 Å². The lowest BCUT2D eigenvalue weighted by atomic mass is 10.2. The van der Waals surface area contributed by atoms with Crippen LogP contribution in [-0.2, 0) is 11.3 Å². The third-order valence-corrected chi connectivity index (χ3v) is 6.79. The van der Waals surface area contributed by atoms with Crippen molar-refractivity contribution < 1.29 is 14.3 Å². The topological polar surface area (TPSA) is 78.3 Å². The summed E-state index contributed by atoms with van der Waals surface area (Å²) >= 11 is 13.7. The van der Waals surface area contributed by atoms with E-state index in [9.17, 15) is 4.79 Å². The van der Waals surface area contributed by atoms with Gasteiger partial charge in [-0.25, -0.2) is 0 Å². The monoisotopic (exact) mass is 528 g/mol. The molecule has 1 aromatic heterocycles. The molecule has 35 heavy (non-hydrogen) atoms. The van der Waals surface area contributed by atoms with Crippen LogP contribution < -0.4 is 14.8 Å². The lowest BCUT2D eigenvalue weighted by Crippen LogP contribution is -2.24. The molecule has 4 rings (SSSR count). The molecule has 0 aliphatic heterocycles. The SMILES string of the molecule is COc1ccc(CNC(=O)CSc2nnc(-c3ccc(OC)cc3)n2-c2ccc(Cl)c(Cl)c2)cc1. The van der Waals surface area contributed by atoms with E-state index < -0.39 is 0 Å². The third kappa shape index (κ3) is 6.08. The Kier molecular flexibility index (Phi) is 8.17. The minimum Gasteiger partial charge on any atom is -0.497 e. The van der Waals surface area contributed by atoms with Crippen molar-refractivity contribution in [3.63, 3.8) is 0 Å². The van der Waals surface area contributed by atoms with E-state index in [1.807, 2.05) is 59.2 Å². The van der Waals surface area contributed by atoms with Gasteiger partial charge in [-0.05, 0) is 60.2 Å². The second kappa shape index (κ2) is 11.5. The number of methoxy groups -OCH3 is 2. The molecule has 1 N–H and O–H groups in total. The average molecular weight is 529 g/mol. The van der Waals surface area contributed by atoms with Gasteiger partial charge in [0.2, 0.25) is 5.91 Å². The highest BCUT2D eigenvalue weighted by molar-refractivity contribution is 7.99. The Balaban J connectivity index is 1.53. The molecule has 3 aromatic carbocycles. The predicted molar refractivity (Wildman–Crippen MR) is 139 cm³/mol. The Morgan fingerprint density at radius 3 is 2.20 bits per heavy atom. The van der Waals surface area contributed by atoms with Gasteiger partial charge in [0, 0.05) is 12.1 Å². The number of nitrogens with zero attached hydrogens (tertiary/aromatic N) is 3. The Hall–Kier alpha value is -3.20. The normalized spacial score (nSPS) is 10.7. The minimum atomic E-state index is -0.125. The van der Waals surface area contributed by atoms with E-state index in [4.69, 9.17) is 32.7 Å². The summed E-state index contributed by atoms with van der Waals surface area (Å²) in [5.41, 5.74) is 2.54. The summed E-state index contributed by atoms with van der Waals surface area (Å²) in [6.45, 7) is 0.417. The van der Waals surface area contributed by atoms with Crippen LogP contribution in [0.1, 0.15) is 5.56 Å².